The lowest BCUT2D eigenvalue weighted by Crippen LogP contribution is -2.32. The quantitative estimate of drug-likeness (QED) is 0.689. The maximum atomic E-state index is 11.9. The van der Waals surface area contributed by atoms with Crippen molar-refractivity contribution in [3.05, 3.63) is 18.2 Å². The molecule has 5 nitrogen and oxygen atoms in total. The van der Waals surface area contributed by atoms with E-state index in [9.17, 15) is 4.79 Å². The average Bonchev–Trinajstić information content (AvgIpc) is 2.83. The zero-order valence-electron chi connectivity index (χ0n) is 11.6. The summed E-state index contributed by atoms with van der Waals surface area (Å²) in [7, 11) is 0. The molecule has 102 valence electrons. The van der Waals surface area contributed by atoms with Gasteiger partial charge in [0.2, 0.25) is 5.91 Å². The van der Waals surface area contributed by atoms with Gasteiger partial charge in [-0.05, 0) is 26.3 Å². The van der Waals surface area contributed by atoms with E-state index in [1.165, 1.54) is 0 Å². The van der Waals surface area contributed by atoms with Crippen molar-refractivity contribution in [2.45, 2.75) is 46.2 Å². The molecule has 0 aliphatic carbocycles. The summed E-state index contributed by atoms with van der Waals surface area (Å²) in [6.07, 6.45) is 5.58. The highest BCUT2D eigenvalue weighted by atomic mass is 16.2. The lowest BCUT2D eigenvalue weighted by molar-refractivity contribution is -0.123. The Bertz CT molecular complexity index is 362. The monoisotopic (exact) mass is 252 g/mol. The summed E-state index contributed by atoms with van der Waals surface area (Å²) in [6.45, 7) is 8.52. The van der Waals surface area contributed by atoms with Crippen LogP contribution in [0.25, 0.3) is 0 Å². The number of nitrogens with zero attached hydrogens (tertiary/aromatic N) is 2. The SMILES string of the molecule is CCCNCc1cncn1C(C)C(=O)NCCC. The normalized spacial score (nSPS) is 12.4. The van der Waals surface area contributed by atoms with Gasteiger partial charge in [-0.1, -0.05) is 13.8 Å². The maximum absolute atomic E-state index is 11.9. The van der Waals surface area contributed by atoms with E-state index in [4.69, 9.17) is 0 Å². The van der Waals surface area contributed by atoms with E-state index in [2.05, 4.69) is 22.5 Å². The van der Waals surface area contributed by atoms with Crippen molar-refractivity contribution >= 4 is 5.91 Å². The van der Waals surface area contributed by atoms with E-state index >= 15 is 0 Å². The first-order valence-electron chi connectivity index (χ1n) is 6.69. The van der Waals surface area contributed by atoms with E-state index in [1.54, 1.807) is 6.33 Å². The number of imidazole rings is 1. The molecule has 0 aliphatic heterocycles. The highest BCUT2D eigenvalue weighted by molar-refractivity contribution is 5.79. The first-order valence-corrected chi connectivity index (χ1v) is 6.69. The highest BCUT2D eigenvalue weighted by Crippen LogP contribution is 2.10. The van der Waals surface area contributed by atoms with Crippen LogP contribution >= 0.6 is 0 Å². The Hall–Kier alpha value is -1.36. The lowest BCUT2D eigenvalue weighted by Gasteiger charge is -2.16. The second-order valence-electron chi connectivity index (χ2n) is 4.44. The number of carbonyl (C=O) groups is 1. The molecule has 1 unspecified atom stereocenters. The number of rotatable bonds is 8. The summed E-state index contributed by atoms with van der Waals surface area (Å²) in [5.74, 6) is 0.0478. The van der Waals surface area contributed by atoms with Crippen molar-refractivity contribution in [1.29, 1.82) is 0 Å². The minimum atomic E-state index is -0.211. The smallest absolute Gasteiger partial charge is 0.242 e. The number of carbonyl (C=O) groups excluding carboxylic acids is 1. The van der Waals surface area contributed by atoms with E-state index in [1.807, 2.05) is 24.6 Å². The van der Waals surface area contributed by atoms with Gasteiger partial charge < -0.3 is 15.2 Å². The maximum Gasteiger partial charge on any atom is 0.242 e. The fourth-order valence-corrected chi connectivity index (χ4v) is 1.73. The van der Waals surface area contributed by atoms with Gasteiger partial charge in [-0.3, -0.25) is 4.79 Å². The summed E-state index contributed by atoms with van der Waals surface area (Å²) < 4.78 is 1.92. The van der Waals surface area contributed by atoms with Crippen LogP contribution < -0.4 is 10.6 Å². The molecule has 1 atom stereocenters. The van der Waals surface area contributed by atoms with Crippen LogP contribution in [0.4, 0.5) is 0 Å². The summed E-state index contributed by atoms with van der Waals surface area (Å²) in [4.78, 5) is 16.0. The number of hydrogen-bond donors (Lipinski definition) is 2. The molecule has 18 heavy (non-hydrogen) atoms. The molecule has 1 aromatic heterocycles. The predicted molar refractivity (Wildman–Crippen MR) is 72.2 cm³/mol. The van der Waals surface area contributed by atoms with Gasteiger partial charge in [0.05, 0.1) is 12.0 Å². The van der Waals surface area contributed by atoms with E-state index < -0.39 is 0 Å². The third-order valence-corrected chi connectivity index (χ3v) is 2.83. The molecule has 1 amide bonds. The average molecular weight is 252 g/mol. The van der Waals surface area contributed by atoms with Crippen LogP contribution in [0.5, 0.6) is 0 Å². The minimum Gasteiger partial charge on any atom is -0.354 e. The fraction of sp³-hybridized carbons (Fsp3) is 0.692. The van der Waals surface area contributed by atoms with Gasteiger partial charge in [0.25, 0.3) is 0 Å². The fourth-order valence-electron chi connectivity index (χ4n) is 1.73. The first-order chi connectivity index (χ1) is 8.70. The van der Waals surface area contributed by atoms with Gasteiger partial charge in [0, 0.05) is 19.3 Å². The highest BCUT2D eigenvalue weighted by Gasteiger charge is 2.16. The Morgan fingerprint density at radius 3 is 2.78 bits per heavy atom. The van der Waals surface area contributed by atoms with Gasteiger partial charge in [-0.25, -0.2) is 4.98 Å². The second kappa shape index (κ2) is 7.87. The third kappa shape index (κ3) is 4.14. The molecule has 0 fully saturated rings. The van der Waals surface area contributed by atoms with E-state index in [-0.39, 0.29) is 11.9 Å². The summed E-state index contributed by atoms with van der Waals surface area (Å²) in [5, 5.41) is 6.23. The molecule has 0 aliphatic rings. The molecule has 1 rings (SSSR count). The van der Waals surface area contributed by atoms with Gasteiger partial charge in [0.15, 0.2) is 0 Å². The molecule has 0 saturated carbocycles. The first kappa shape index (κ1) is 14.7. The van der Waals surface area contributed by atoms with Gasteiger partial charge in [-0.2, -0.15) is 0 Å². The van der Waals surface area contributed by atoms with Crippen molar-refractivity contribution in [3.63, 3.8) is 0 Å². The third-order valence-electron chi connectivity index (χ3n) is 2.83. The molecule has 1 heterocycles. The van der Waals surface area contributed by atoms with E-state index in [0.29, 0.717) is 0 Å². The number of aromatic nitrogens is 2. The van der Waals surface area contributed by atoms with Gasteiger partial charge in [0.1, 0.15) is 6.04 Å². The summed E-state index contributed by atoms with van der Waals surface area (Å²) >= 11 is 0. The largest absolute Gasteiger partial charge is 0.354 e. The standard InChI is InChI=1S/C13H24N4O/c1-4-6-14-8-12-9-15-10-17(12)11(3)13(18)16-7-5-2/h9-11,14H,4-8H2,1-3H3,(H,16,18). The van der Waals surface area contributed by atoms with Gasteiger partial charge in [-0.15, -0.1) is 0 Å². The molecular formula is C13H24N4O. The zero-order chi connectivity index (χ0) is 13.4. The molecule has 1 aromatic rings. The van der Waals surface area contributed by atoms with Crippen molar-refractivity contribution in [2.24, 2.45) is 0 Å². The second-order valence-corrected chi connectivity index (χ2v) is 4.44. The molecule has 0 aromatic carbocycles. The molecular weight excluding hydrogens is 228 g/mol. The van der Waals surface area contributed by atoms with Crippen LogP contribution in [-0.4, -0.2) is 28.5 Å². The van der Waals surface area contributed by atoms with Crippen LogP contribution in [0.15, 0.2) is 12.5 Å². The van der Waals surface area contributed by atoms with Crippen molar-refractivity contribution in [3.8, 4) is 0 Å². The van der Waals surface area contributed by atoms with Crippen molar-refractivity contribution in [1.82, 2.24) is 20.2 Å². The molecule has 0 radical (unpaired) electrons. The predicted octanol–water partition coefficient (Wildman–Crippen LogP) is 1.47. The molecule has 0 bridgehead atoms. The van der Waals surface area contributed by atoms with Crippen LogP contribution in [0.2, 0.25) is 0 Å². The summed E-state index contributed by atoms with van der Waals surface area (Å²) in [5.41, 5.74) is 1.04. The zero-order valence-corrected chi connectivity index (χ0v) is 11.6. The molecule has 0 spiro atoms. The molecule has 5 heteroatoms. The van der Waals surface area contributed by atoms with Crippen LogP contribution in [0.1, 0.15) is 45.3 Å². The van der Waals surface area contributed by atoms with Gasteiger partial charge >= 0.3 is 0 Å². The molecule has 0 saturated heterocycles. The lowest BCUT2D eigenvalue weighted by atomic mass is 10.3. The Kier molecular flexibility index (Phi) is 6.43. The Balaban J connectivity index is 2.59. The molecule has 2 N–H and O–H groups in total. The number of nitrogens with one attached hydrogen (secondary N) is 2. The Morgan fingerprint density at radius 1 is 1.39 bits per heavy atom. The van der Waals surface area contributed by atoms with Crippen molar-refractivity contribution in [2.75, 3.05) is 13.1 Å². The van der Waals surface area contributed by atoms with Crippen LogP contribution in [0, 0.1) is 0 Å². The summed E-state index contributed by atoms with van der Waals surface area (Å²) in [6, 6.07) is -0.211. The number of hydrogen-bond acceptors (Lipinski definition) is 3. The van der Waals surface area contributed by atoms with Crippen LogP contribution in [0.3, 0.4) is 0 Å². The topological polar surface area (TPSA) is 59.0 Å². The van der Waals surface area contributed by atoms with Crippen LogP contribution in [-0.2, 0) is 11.3 Å². The van der Waals surface area contributed by atoms with E-state index in [0.717, 1.165) is 38.2 Å². The van der Waals surface area contributed by atoms with Crippen molar-refractivity contribution < 1.29 is 4.79 Å². The Morgan fingerprint density at radius 2 is 2.11 bits per heavy atom. The minimum absolute atomic E-state index is 0.0478. The Labute approximate surface area is 109 Å². The number of amides is 1.